The van der Waals surface area contributed by atoms with Crippen LogP contribution in [0, 0.1) is 24.1 Å². The molecule has 0 bridgehead atoms. The van der Waals surface area contributed by atoms with E-state index in [1.165, 1.54) is 11.4 Å². The van der Waals surface area contributed by atoms with Crippen molar-refractivity contribution in [3.05, 3.63) is 66.0 Å². The van der Waals surface area contributed by atoms with Gasteiger partial charge in [-0.3, -0.25) is 0 Å². The van der Waals surface area contributed by atoms with Crippen molar-refractivity contribution in [2.75, 3.05) is 0 Å². The standard InChI is InChI=1S/C16H15N2.ClHO4/c1-12-13(2)18(14-8-4-3-5-9-14)16-11-7-6-10-15(16)17-12;2-1(3,4)5/h3-11H,1-2H3;(H,2,3,4,5)/q+1;/p-1. The van der Waals surface area contributed by atoms with Gasteiger partial charge in [0.15, 0.2) is 0 Å². The van der Waals surface area contributed by atoms with Gasteiger partial charge in [0.1, 0.15) is 11.2 Å². The quantitative estimate of drug-likeness (QED) is 0.496. The largest absolute Gasteiger partial charge is 0.240 e. The van der Waals surface area contributed by atoms with Crippen molar-refractivity contribution in [3.63, 3.8) is 0 Å². The molecule has 0 amide bonds. The Labute approximate surface area is 135 Å². The number of hydrogen-bond donors (Lipinski definition) is 0. The van der Waals surface area contributed by atoms with E-state index in [0.29, 0.717) is 0 Å². The molecule has 0 spiro atoms. The van der Waals surface area contributed by atoms with E-state index in [2.05, 4.69) is 65.9 Å². The fraction of sp³-hybridized carbons (Fsp3) is 0.125. The molecule has 3 aromatic rings. The number of para-hydroxylation sites is 3. The van der Waals surface area contributed by atoms with Gasteiger partial charge < -0.3 is 0 Å². The van der Waals surface area contributed by atoms with Gasteiger partial charge in [0.25, 0.3) is 0 Å². The van der Waals surface area contributed by atoms with Crippen molar-refractivity contribution in [1.82, 2.24) is 4.98 Å². The maximum Gasteiger partial charge on any atom is 0.237 e. The summed E-state index contributed by atoms with van der Waals surface area (Å²) >= 11 is 0. The van der Waals surface area contributed by atoms with Gasteiger partial charge in [-0.15, -0.1) is 10.2 Å². The van der Waals surface area contributed by atoms with E-state index in [4.69, 9.17) is 18.6 Å². The number of nitrogens with zero attached hydrogens (tertiary/aromatic N) is 2. The highest BCUT2D eigenvalue weighted by atomic mass is 35.7. The number of aryl methyl sites for hydroxylation is 1. The van der Waals surface area contributed by atoms with E-state index in [1.54, 1.807) is 0 Å². The summed E-state index contributed by atoms with van der Waals surface area (Å²) in [5, 5.41) is 0. The Morgan fingerprint density at radius 3 is 1.96 bits per heavy atom. The van der Waals surface area contributed by atoms with E-state index >= 15 is 0 Å². The van der Waals surface area contributed by atoms with Gasteiger partial charge in [-0.1, -0.05) is 30.3 Å². The molecule has 3 rings (SSSR count). The zero-order valence-corrected chi connectivity index (χ0v) is 13.4. The maximum absolute atomic E-state index is 8.49. The van der Waals surface area contributed by atoms with E-state index in [1.807, 2.05) is 12.1 Å². The molecule has 0 aliphatic heterocycles. The van der Waals surface area contributed by atoms with Gasteiger partial charge in [0, 0.05) is 25.1 Å². The molecular weight excluding hydrogens is 320 g/mol. The third-order valence-electron chi connectivity index (χ3n) is 3.28. The number of benzene rings is 2. The SMILES string of the molecule is Cc1nc2ccccc2[n+](-c2ccccc2)c1C.[O-][Cl+3]([O-])([O-])[O-]. The molecule has 0 radical (unpaired) electrons. The second-order valence-corrected chi connectivity index (χ2v) is 5.58. The van der Waals surface area contributed by atoms with Gasteiger partial charge in [-0.05, 0) is 13.0 Å². The molecule has 23 heavy (non-hydrogen) atoms. The van der Waals surface area contributed by atoms with Crippen LogP contribution >= 0.6 is 0 Å². The minimum atomic E-state index is -4.94. The summed E-state index contributed by atoms with van der Waals surface area (Å²) in [5.41, 5.74) is 5.60. The van der Waals surface area contributed by atoms with E-state index in [9.17, 15) is 0 Å². The highest BCUT2D eigenvalue weighted by Gasteiger charge is 2.18. The van der Waals surface area contributed by atoms with Crippen LogP contribution in [-0.4, -0.2) is 4.98 Å². The van der Waals surface area contributed by atoms with Crippen molar-refractivity contribution in [2.45, 2.75) is 13.8 Å². The summed E-state index contributed by atoms with van der Waals surface area (Å²) in [4.78, 5) is 4.64. The molecule has 1 heterocycles. The second-order valence-electron chi connectivity index (χ2n) is 4.82. The fourth-order valence-corrected chi connectivity index (χ4v) is 2.26. The minimum absolute atomic E-state index is 1.03. The number of rotatable bonds is 1. The van der Waals surface area contributed by atoms with Crippen LogP contribution in [0.3, 0.4) is 0 Å². The molecule has 0 aliphatic carbocycles. The summed E-state index contributed by atoms with van der Waals surface area (Å²) in [6, 6.07) is 18.7. The molecule has 0 saturated heterocycles. The number of hydrogen-bond acceptors (Lipinski definition) is 5. The van der Waals surface area contributed by atoms with Gasteiger partial charge in [-0.25, -0.2) is 23.6 Å². The van der Waals surface area contributed by atoms with Crippen molar-refractivity contribution < 1.29 is 33.4 Å². The first-order valence-corrected chi connectivity index (χ1v) is 7.96. The number of fused-ring (bicyclic) bond motifs is 1. The smallest absolute Gasteiger partial charge is 0.237 e. The molecule has 0 aliphatic rings. The van der Waals surface area contributed by atoms with E-state index in [-0.39, 0.29) is 0 Å². The van der Waals surface area contributed by atoms with Crippen LogP contribution in [-0.2, 0) is 0 Å². The van der Waals surface area contributed by atoms with Crippen LogP contribution in [0.2, 0.25) is 0 Å². The van der Waals surface area contributed by atoms with Crippen LogP contribution in [0.4, 0.5) is 0 Å². The van der Waals surface area contributed by atoms with Gasteiger partial charge in [0.05, 0.1) is 0 Å². The van der Waals surface area contributed by atoms with Crippen molar-refractivity contribution in [2.24, 2.45) is 0 Å². The molecule has 0 saturated carbocycles. The van der Waals surface area contributed by atoms with Crippen LogP contribution < -0.4 is 23.2 Å². The Morgan fingerprint density at radius 1 is 0.826 bits per heavy atom. The lowest BCUT2D eigenvalue weighted by Gasteiger charge is -2.17. The van der Waals surface area contributed by atoms with E-state index in [0.717, 1.165) is 16.7 Å². The van der Waals surface area contributed by atoms with Gasteiger partial charge in [-0.2, -0.15) is 4.57 Å². The third-order valence-corrected chi connectivity index (χ3v) is 3.28. The molecule has 2 aromatic carbocycles. The Morgan fingerprint density at radius 2 is 1.35 bits per heavy atom. The molecular formula is C16H15ClN2O4. The molecule has 120 valence electrons. The fourth-order valence-electron chi connectivity index (χ4n) is 2.26. The Hall–Kier alpha value is -2.09. The molecule has 0 N–H and O–H groups in total. The lowest BCUT2D eigenvalue weighted by molar-refractivity contribution is -2.00. The molecule has 0 fully saturated rings. The summed E-state index contributed by atoms with van der Waals surface area (Å²) < 4.78 is 36.2. The number of aromatic nitrogens is 2. The lowest BCUT2D eigenvalue weighted by Crippen LogP contribution is -2.68. The Balaban J connectivity index is 0.000000338. The summed E-state index contributed by atoms with van der Waals surface area (Å²) in [5.74, 6) is 0. The summed E-state index contributed by atoms with van der Waals surface area (Å²) in [7, 11) is -4.94. The zero-order chi connectivity index (χ0) is 17.0. The summed E-state index contributed by atoms with van der Waals surface area (Å²) in [6.07, 6.45) is 0. The average molecular weight is 335 g/mol. The predicted molar refractivity (Wildman–Crippen MR) is 72.7 cm³/mol. The monoisotopic (exact) mass is 334 g/mol. The van der Waals surface area contributed by atoms with Crippen molar-refractivity contribution in [3.8, 4) is 5.69 Å². The van der Waals surface area contributed by atoms with Crippen molar-refractivity contribution >= 4 is 11.0 Å². The second kappa shape index (κ2) is 6.99. The molecule has 1 aromatic heterocycles. The lowest BCUT2D eigenvalue weighted by atomic mass is 10.2. The number of halogens is 1. The van der Waals surface area contributed by atoms with Gasteiger partial charge in [0.2, 0.25) is 16.9 Å². The molecule has 0 unspecified atom stereocenters. The third kappa shape index (κ3) is 4.69. The first kappa shape index (κ1) is 17.3. The molecule has 0 atom stereocenters. The van der Waals surface area contributed by atoms with Crippen LogP contribution in [0.1, 0.15) is 11.4 Å². The van der Waals surface area contributed by atoms with E-state index < -0.39 is 10.2 Å². The predicted octanol–water partition coefficient (Wildman–Crippen LogP) is -1.63. The minimum Gasteiger partial charge on any atom is -0.240 e. The zero-order valence-electron chi connectivity index (χ0n) is 12.6. The van der Waals surface area contributed by atoms with Crippen LogP contribution in [0.25, 0.3) is 16.7 Å². The normalized spacial score (nSPS) is 11.0. The highest BCUT2D eigenvalue weighted by Crippen LogP contribution is 2.13. The first-order chi connectivity index (χ1) is 10.8. The topological polar surface area (TPSA) is 109 Å². The maximum atomic E-state index is 8.49. The van der Waals surface area contributed by atoms with Gasteiger partial charge >= 0.3 is 0 Å². The van der Waals surface area contributed by atoms with Crippen molar-refractivity contribution in [1.29, 1.82) is 0 Å². The average Bonchev–Trinajstić information content (AvgIpc) is 2.48. The Bertz CT molecular complexity index is 798. The first-order valence-electron chi connectivity index (χ1n) is 6.72. The summed E-state index contributed by atoms with van der Waals surface area (Å²) in [6.45, 7) is 4.17. The molecule has 7 heteroatoms. The van der Waals surface area contributed by atoms with Crippen LogP contribution in [0.5, 0.6) is 0 Å². The highest BCUT2D eigenvalue weighted by molar-refractivity contribution is 5.71. The van der Waals surface area contributed by atoms with Crippen LogP contribution in [0.15, 0.2) is 54.6 Å². The Kier molecular flexibility index (Phi) is 5.25. The molecule has 6 nitrogen and oxygen atoms in total.